The van der Waals surface area contributed by atoms with Crippen LogP contribution in [0, 0.1) is 0 Å². The third-order valence-corrected chi connectivity index (χ3v) is 5.18. The molecule has 0 aliphatic heterocycles. The molecule has 2 aromatic rings. The van der Waals surface area contributed by atoms with E-state index in [1.165, 1.54) is 0 Å². The monoisotopic (exact) mass is 423 g/mol. The van der Waals surface area contributed by atoms with Gasteiger partial charge in [-0.05, 0) is 29.2 Å². The Hall–Kier alpha value is -3.07. The standard InChI is InChI=1S/C21H20F3NO5/c1-20(28,21(22,23)24)17(18(26)29-2)25-19(27)30-11-16-14-9-5-3-7-12(14)13-8-4-6-10-15(13)16/h3-10,16-17,28H,11H2,1-2H3,(H,25,27). The molecule has 0 radical (unpaired) electrons. The summed E-state index contributed by atoms with van der Waals surface area (Å²) >= 11 is 0. The quantitative estimate of drug-likeness (QED) is 0.721. The molecule has 2 unspecified atom stereocenters. The fourth-order valence-corrected chi connectivity index (χ4v) is 3.47. The Bertz CT molecular complexity index is 912. The van der Waals surface area contributed by atoms with E-state index < -0.39 is 29.9 Å². The lowest BCUT2D eigenvalue weighted by Crippen LogP contribution is -2.62. The Morgan fingerprint density at radius 3 is 2.03 bits per heavy atom. The molecular weight excluding hydrogens is 403 g/mol. The molecule has 2 N–H and O–H groups in total. The van der Waals surface area contributed by atoms with Gasteiger partial charge in [0, 0.05) is 5.92 Å². The van der Waals surface area contributed by atoms with Crippen LogP contribution in [0.2, 0.25) is 0 Å². The number of ether oxygens (including phenoxy) is 2. The molecular formula is C21H20F3NO5. The van der Waals surface area contributed by atoms with Crippen LogP contribution in [0.3, 0.4) is 0 Å². The number of methoxy groups -OCH3 is 1. The molecule has 9 heteroatoms. The summed E-state index contributed by atoms with van der Waals surface area (Å²) in [6.45, 7) is 0.209. The van der Waals surface area contributed by atoms with Gasteiger partial charge in [-0.2, -0.15) is 13.2 Å². The number of amides is 1. The summed E-state index contributed by atoms with van der Waals surface area (Å²) in [4.78, 5) is 24.0. The van der Waals surface area contributed by atoms with Gasteiger partial charge in [0.25, 0.3) is 0 Å². The van der Waals surface area contributed by atoms with Gasteiger partial charge in [0.1, 0.15) is 6.61 Å². The second-order valence-electron chi connectivity index (χ2n) is 7.07. The number of carbonyl (C=O) groups is 2. The second-order valence-corrected chi connectivity index (χ2v) is 7.07. The largest absolute Gasteiger partial charge is 0.467 e. The second kappa shape index (κ2) is 7.98. The first-order chi connectivity index (χ1) is 14.1. The van der Waals surface area contributed by atoms with E-state index >= 15 is 0 Å². The van der Waals surface area contributed by atoms with Gasteiger partial charge in [-0.25, -0.2) is 9.59 Å². The van der Waals surface area contributed by atoms with Gasteiger partial charge in [0.05, 0.1) is 7.11 Å². The van der Waals surface area contributed by atoms with Crippen LogP contribution in [0.5, 0.6) is 0 Å². The van der Waals surface area contributed by atoms with Gasteiger partial charge < -0.3 is 19.9 Å². The average molecular weight is 423 g/mol. The number of hydrogen-bond donors (Lipinski definition) is 2. The molecule has 1 aliphatic rings. The van der Waals surface area contributed by atoms with Gasteiger partial charge in [-0.15, -0.1) is 0 Å². The van der Waals surface area contributed by atoms with Gasteiger partial charge in [-0.1, -0.05) is 48.5 Å². The lowest BCUT2D eigenvalue weighted by atomic mass is 9.96. The first kappa shape index (κ1) is 21.6. The average Bonchev–Trinajstić information content (AvgIpc) is 3.03. The van der Waals surface area contributed by atoms with Crippen molar-refractivity contribution in [3.63, 3.8) is 0 Å². The Morgan fingerprint density at radius 2 is 1.57 bits per heavy atom. The van der Waals surface area contributed by atoms with E-state index in [0.717, 1.165) is 29.4 Å². The SMILES string of the molecule is COC(=O)C(NC(=O)OCC1c2ccccc2-c2ccccc21)C(C)(O)C(F)(F)F. The number of halogens is 3. The molecule has 0 saturated carbocycles. The van der Waals surface area contributed by atoms with Crippen molar-refractivity contribution in [2.75, 3.05) is 13.7 Å². The van der Waals surface area contributed by atoms with Crippen LogP contribution >= 0.6 is 0 Å². The minimum atomic E-state index is -5.19. The fourth-order valence-electron chi connectivity index (χ4n) is 3.47. The molecule has 0 heterocycles. The fraction of sp³-hybridized carbons (Fsp3) is 0.333. The first-order valence-corrected chi connectivity index (χ1v) is 9.06. The third kappa shape index (κ3) is 3.85. The zero-order valence-corrected chi connectivity index (χ0v) is 16.2. The summed E-state index contributed by atoms with van der Waals surface area (Å²) in [5.74, 6) is -1.77. The first-order valence-electron chi connectivity index (χ1n) is 9.06. The molecule has 0 spiro atoms. The lowest BCUT2D eigenvalue weighted by molar-refractivity contribution is -0.262. The van der Waals surface area contributed by atoms with Crippen molar-refractivity contribution in [2.24, 2.45) is 0 Å². The van der Waals surface area contributed by atoms with Crippen LogP contribution in [0.25, 0.3) is 11.1 Å². The molecule has 1 amide bonds. The van der Waals surface area contributed by atoms with Gasteiger partial charge in [-0.3, -0.25) is 0 Å². The minimum absolute atomic E-state index is 0.165. The van der Waals surface area contributed by atoms with Gasteiger partial charge in [0.15, 0.2) is 11.6 Å². The number of nitrogens with one attached hydrogen (secondary N) is 1. The molecule has 30 heavy (non-hydrogen) atoms. The highest BCUT2D eigenvalue weighted by Crippen LogP contribution is 2.44. The van der Waals surface area contributed by atoms with Crippen molar-refractivity contribution in [1.82, 2.24) is 5.32 Å². The maximum absolute atomic E-state index is 13.1. The highest BCUT2D eigenvalue weighted by atomic mass is 19.4. The zero-order valence-electron chi connectivity index (χ0n) is 16.2. The normalized spacial score (nSPS) is 16.1. The number of aliphatic hydroxyl groups is 1. The maximum atomic E-state index is 13.1. The minimum Gasteiger partial charge on any atom is -0.467 e. The summed E-state index contributed by atoms with van der Waals surface area (Å²) in [5.41, 5.74) is 0.242. The predicted octanol–water partition coefficient (Wildman–Crippen LogP) is 3.38. The van der Waals surface area contributed by atoms with Crippen LogP contribution in [-0.2, 0) is 14.3 Å². The molecule has 6 nitrogen and oxygen atoms in total. The van der Waals surface area contributed by atoms with Crippen molar-refractivity contribution < 1.29 is 37.3 Å². The molecule has 2 aromatic carbocycles. The number of esters is 1. The number of alkyl carbamates (subject to hydrolysis) is 1. The highest BCUT2D eigenvalue weighted by molar-refractivity contribution is 5.83. The highest BCUT2D eigenvalue weighted by Gasteiger charge is 2.58. The summed E-state index contributed by atoms with van der Waals surface area (Å²) < 4.78 is 48.9. The summed E-state index contributed by atoms with van der Waals surface area (Å²) in [5, 5.41) is 11.6. The van der Waals surface area contributed by atoms with Crippen LogP contribution in [0.15, 0.2) is 48.5 Å². The lowest BCUT2D eigenvalue weighted by Gasteiger charge is -2.32. The molecule has 3 rings (SSSR count). The maximum Gasteiger partial charge on any atom is 0.419 e. The molecule has 0 saturated heterocycles. The molecule has 160 valence electrons. The summed E-state index contributed by atoms with van der Waals surface area (Å²) in [6.07, 6.45) is -6.47. The van der Waals surface area contributed by atoms with E-state index in [-0.39, 0.29) is 12.5 Å². The van der Waals surface area contributed by atoms with E-state index in [9.17, 15) is 27.9 Å². The Kier molecular flexibility index (Phi) is 5.76. The molecule has 0 bridgehead atoms. The number of carbonyl (C=O) groups excluding carboxylic acids is 2. The summed E-state index contributed by atoms with van der Waals surface area (Å²) in [6, 6.07) is 12.7. The number of benzene rings is 2. The van der Waals surface area contributed by atoms with Crippen LogP contribution in [-0.4, -0.2) is 48.7 Å². The van der Waals surface area contributed by atoms with Gasteiger partial charge >= 0.3 is 18.2 Å². The van der Waals surface area contributed by atoms with E-state index in [4.69, 9.17) is 4.74 Å². The molecule has 0 fully saturated rings. The molecule has 0 aromatic heterocycles. The van der Waals surface area contributed by atoms with Crippen LogP contribution in [0.4, 0.5) is 18.0 Å². The Morgan fingerprint density at radius 1 is 1.07 bits per heavy atom. The number of hydrogen-bond acceptors (Lipinski definition) is 5. The third-order valence-electron chi connectivity index (χ3n) is 5.18. The number of rotatable bonds is 5. The van der Waals surface area contributed by atoms with Crippen LogP contribution in [0.1, 0.15) is 24.0 Å². The van der Waals surface area contributed by atoms with Crippen molar-refractivity contribution in [3.05, 3.63) is 59.7 Å². The van der Waals surface area contributed by atoms with E-state index in [2.05, 4.69) is 4.74 Å². The topological polar surface area (TPSA) is 84.9 Å². The number of fused-ring (bicyclic) bond motifs is 3. The van der Waals surface area contributed by atoms with Gasteiger partial charge in [0.2, 0.25) is 0 Å². The Labute approximate surface area is 170 Å². The van der Waals surface area contributed by atoms with Crippen molar-refractivity contribution in [2.45, 2.75) is 30.7 Å². The molecule has 2 atom stereocenters. The van der Waals surface area contributed by atoms with E-state index in [0.29, 0.717) is 6.92 Å². The van der Waals surface area contributed by atoms with Crippen molar-refractivity contribution >= 4 is 12.1 Å². The zero-order chi connectivity index (χ0) is 22.1. The molecule has 1 aliphatic carbocycles. The Balaban J connectivity index is 1.76. The van der Waals surface area contributed by atoms with E-state index in [1.807, 2.05) is 48.5 Å². The van der Waals surface area contributed by atoms with Crippen molar-refractivity contribution in [3.8, 4) is 11.1 Å². The van der Waals surface area contributed by atoms with E-state index in [1.54, 1.807) is 5.32 Å². The summed E-state index contributed by atoms with van der Waals surface area (Å²) in [7, 11) is 0.848. The van der Waals surface area contributed by atoms with Crippen molar-refractivity contribution in [1.29, 1.82) is 0 Å². The smallest absolute Gasteiger partial charge is 0.419 e. The van der Waals surface area contributed by atoms with Crippen LogP contribution < -0.4 is 5.32 Å². The predicted molar refractivity (Wildman–Crippen MR) is 101 cm³/mol. The number of alkyl halides is 3.